The van der Waals surface area contributed by atoms with Crippen LogP contribution in [0, 0.1) is 0 Å². The van der Waals surface area contributed by atoms with Gasteiger partial charge in [0.1, 0.15) is 6.04 Å². The zero-order chi connectivity index (χ0) is 14.5. The monoisotopic (exact) mass is 273 g/mol. The Morgan fingerprint density at radius 1 is 1.30 bits per heavy atom. The number of imidazole rings is 1. The highest BCUT2D eigenvalue weighted by Crippen LogP contribution is 2.07. The van der Waals surface area contributed by atoms with Gasteiger partial charge in [-0.05, 0) is 0 Å². The molecular formula is C14H15N3O3. The van der Waals surface area contributed by atoms with Crippen LogP contribution >= 0.6 is 0 Å². The van der Waals surface area contributed by atoms with Gasteiger partial charge in [-0.3, -0.25) is 9.59 Å². The molecule has 3 N–H and O–H groups in total. The number of rotatable bonds is 6. The number of carbonyl (C=O) groups is 2. The number of carboxylic acid groups (broad SMARTS) is 1. The number of aliphatic carboxylic acids is 1. The Morgan fingerprint density at radius 2 is 2.00 bits per heavy atom. The minimum absolute atomic E-state index is 0.0613. The third kappa shape index (κ3) is 3.30. The number of nitrogens with two attached hydrogens (primary N) is 1. The summed E-state index contributed by atoms with van der Waals surface area (Å²) >= 11 is 0. The van der Waals surface area contributed by atoms with Crippen molar-refractivity contribution in [2.75, 3.05) is 0 Å². The van der Waals surface area contributed by atoms with Gasteiger partial charge in [-0.2, -0.15) is 0 Å². The highest BCUT2D eigenvalue weighted by molar-refractivity contribution is 5.95. The average Bonchev–Trinajstić information content (AvgIpc) is 2.86. The van der Waals surface area contributed by atoms with E-state index in [2.05, 4.69) is 4.98 Å². The van der Waals surface area contributed by atoms with Crippen molar-refractivity contribution in [3.05, 3.63) is 54.1 Å². The molecule has 2 rings (SSSR count). The number of carboxylic acids is 1. The Bertz CT molecular complexity index is 607. The van der Waals surface area contributed by atoms with Crippen molar-refractivity contribution >= 4 is 11.8 Å². The van der Waals surface area contributed by atoms with Crippen LogP contribution in [0.2, 0.25) is 0 Å². The van der Waals surface area contributed by atoms with E-state index >= 15 is 0 Å². The molecule has 0 bridgehead atoms. The van der Waals surface area contributed by atoms with Gasteiger partial charge in [-0.1, -0.05) is 30.3 Å². The Morgan fingerprint density at radius 3 is 2.65 bits per heavy atom. The smallest absolute Gasteiger partial charge is 0.320 e. The van der Waals surface area contributed by atoms with Crippen LogP contribution in [0.4, 0.5) is 0 Å². The lowest BCUT2D eigenvalue weighted by molar-refractivity contribution is -0.138. The Kier molecular flexibility index (Phi) is 4.27. The normalized spacial score (nSPS) is 12.1. The Labute approximate surface area is 115 Å². The van der Waals surface area contributed by atoms with Crippen molar-refractivity contribution in [2.24, 2.45) is 5.73 Å². The van der Waals surface area contributed by atoms with Crippen molar-refractivity contribution in [3.8, 4) is 0 Å². The fraction of sp³-hybridized carbons (Fsp3) is 0.214. The molecule has 0 fully saturated rings. The molecule has 1 unspecified atom stereocenters. The molecule has 20 heavy (non-hydrogen) atoms. The predicted molar refractivity (Wildman–Crippen MR) is 72.3 cm³/mol. The van der Waals surface area contributed by atoms with E-state index in [1.165, 1.54) is 12.5 Å². The van der Waals surface area contributed by atoms with Crippen molar-refractivity contribution in [1.29, 1.82) is 0 Å². The third-order valence-electron chi connectivity index (χ3n) is 2.95. The van der Waals surface area contributed by atoms with E-state index in [-0.39, 0.29) is 18.7 Å². The van der Waals surface area contributed by atoms with Crippen LogP contribution in [0.1, 0.15) is 16.1 Å². The predicted octanol–water partition coefficient (Wildman–Crippen LogP) is 0.720. The summed E-state index contributed by atoms with van der Waals surface area (Å²) < 4.78 is 1.62. The van der Waals surface area contributed by atoms with Gasteiger partial charge in [0.2, 0.25) is 0 Å². The number of ketones is 1. The van der Waals surface area contributed by atoms with Gasteiger partial charge in [0.15, 0.2) is 5.78 Å². The molecule has 1 atom stereocenters. The number of carbonyl (C=O) groups excluding carboxylic acids is 1. The van der Waals surface area contributed by atoms with Crippen LogP contribution in [-0.4, -0.2) is 32.5 Å². The molecule has 6 heteroatoms. The zero-order valence-electron chi connectivity index (χ0n) is 10.8. The van der Waals surface area contributed by atoms with E-state index in [9.17, 15) is 9.59 Å². The van der Waals surface area contributed by atoms with Crippen LogP contribution in [0.5, 0.6) is 0 Å². The van der Waals surface area contributed by atoms with Crippen LogP contribution in [0.15, 0.2) is 42.9 Å². The van der Waals surface area contributed by atoms with Gasteiger partial charge in [-0.15, -0.1) is 0 Å². The van der Waals surface area contributed by atoms with Gasteiger partial charge < -0.3 is 15.4 Å². The van der Waals surface area contributed by atoms with Gasteiger partial charge in [0.05, 0.1) is 12.9 Å². The number of nitrogens with zero attached hydrogens (tertiary/aromatic N) is 2. The first-order valence-electron chi connectivity index (χ1n) is 6.13. The molecule has 6 nitrogen and oxygen atoms in total. The maximum atomic E-state index is 12.1. The van der Waals surface area contributed by atoms with Crippen molar-refractivity contribution in [1.82, 2.24) is 9.55 Å². The molecule has 2 aromatic rings. The van der Waals surface area contributed by atoms with Crippen LogP contribution in [-0.2, 0) is 17.8 Å². The van der Waals surface area contributed by atoms with Crippen molar-refractivity contribution in [2.45, 2.75) is 19.0 Å². The van der Waals surface area contributed by atoms with Gasteiger partial charge >= 0.3 is 5.97 Å². The molecule has 0 aliphatic rings. The number of Topliss-reactive ketones (excluding diaryl/α,β-unsaturated/α-hetero) is 1. The minimum atomic E-state index is -1.08. The number of aromatic nitrogens is 2. The summed E-state index contributed by atoms with van der Waals surface area (Å²) in [6.07, 6.45) is 3.17. The maximum absolute atomic E-state index is 12.1. The highest BCUT2D eigenvalue weighted by atomic mass is 16.4. The number of hydrogen-bond acceptors (Lipinski definition) is 4. The maximum Gasteiger partial charge on any atom is 0.320 e. The lowest BCUT2D eigenvalue weighted by Gasteiger charge is -2.10. The summed E-state index contributed by atoms with van der Waals surface area (Å²) in [7, 11) is 0. The quantitative estimate of drug-likeness (QED) is 0.756. The van der Waals surface area contributed by atoms with Crippen LogP contribution in [0.3, 0.4) is 0 Å². The molecule has 1 aromatic heterocycles. The fourth-order valence-corrected chi connectivity index (χ4v) is 1.84. The molecule has 0 aliphatic heterocycles. The second-order valence-electron chi connectivity index (χ2n) is 4.45. The fourth-order valence-electron chi connectivity index (χ4n) is 1.84. The summed E-state index contributed by atoms with van der Waals surface area (Å²) in [5.74, 6) is -1.14. The minimum Gasteiger partial charge on any atom is -0.480 e. The van der Waals surface area contributed by atoms with Crippen LogP contribution in [0.25, 0.3) is 0 Å². The molecular weight excluding hydrogens is 258 g/mol. The van der Waals surface area contributed by atoms with Gasteiger partial charge in [0, 0.05) is 23.9 Å². The SMILES string of the molecule is NC(Cc1cncn1CC(=O)c1ccccc1)C(=O)O. The molecule has 0 saturated heterocycles. The van der Waals surface area contributed by atoms with E-state index < -0.39 is 12.0 Å². The topological polar surface area (TPSA) is 98.2 Å². The van der Waals surface area contributed by atoms with Gasteiger partial charge in [-0.25, -0.2) is 4.98 Å². The number of benzene rings is 1. The standard InChI is InChI=1S/C14H15N3O3/c15-12(14(19)20)6-11-7-16-9-17(11)8-13(18)10-4-2-1-3-5-10/h1-5,7,9,12H,6,8,15H2,(H,19,20). The summed E-state index contributed by atoms with van der Waals surface area (Å²) in [5, 5.41) is 8.81. The first-order valence-corrected chi connectivity index (χ1v) is 6.13. The van der Waals surface area contributed by atoms with Gasteiger partial charge in [0.25, 0.3) is 0 Å². The molecule has 0 spiro atoms. The molecule has 104 valence electrons. The van der Waals surface area contributed by atoms with E-state index in [1.807, 2.05) is 6.07 Å². The molecule has 0 saturated carbocycles. The summed E-state index contributed by atoms with van der Waals surface area (Å²) in [6, 6.07) is 7.90. The lowest BCUT2D eigenvalue weighted by Crippen LogP contribution is -2.33. The van der Waals surface area contributed by atoms with Crippen LogP contribution < -0.4 is 5.73 Å². The highest BCUT2D eigenvalue weighted by Gasteiger charge is 2.16. The summed E-state index contributed by atoms with van der Waals surface area (Å²) in [6.45, 7) is 0.117. The summed E-state index contributed by atoms with van der Waals surface area (Å²) in [4.78, 5) is 26.8. The average molecular weight is 273 g/mol. The Balaban J connectivity index is 2.09. The molecule has 0 aliphatic carbocycles. The first kappa shape index (κ1) is 14.0. The zero-order valence-corrected chi connectivity index (χ0v) is 10.8. The second kappa shape index (κ2) is 6.12. The largest absolute Gasteiger partial charge is 0.480 e. The molecule has 0 amide bonds. The molecule has 1 heterocycles. The summed E-state index contributed by atoms with van der Waals surface area (Å²) in [5.41, 5.74) is 6.73. The first-order chi connectivity index (χ1) is 9.58. The van der Waals surface area contributed by atoms with E-state index in [1.54, 1.807) is 28.8 Å². The second-order valence-corrected chi connectivity index (χ2v) is 4.45. The lowest BCUT2D eigenvalue weighted by atomic mass is 10.1. The Hall–Kier alpha value is -2.47. The van der Waals surface area contributed by atoms with Crippen molar-refractivity contribution in [3.63, 3.8) is 0 Å². The van der Waals surface area contributed by atoms with E-state index in [0.29, 0.717) is 11.3 Å². The molecule has 0 radical (unpaired) electrons. The van der Waals surface area contributed by atoms with Crippen molar-refractivity contribution < 1.29 is 14.7 Å². The van der Waals surface area contributed by atoms with E-state index in [0.717, 1.165) is 0 Å². The number of hydrogen-bond donors (Lipinski definition) is 2. The van der Waals surface area contributed by atoms with E-state index in [4.69, 9.17) is 10.8 Å². The third-order valence-corrected chi connectivity index (χ3v) is 2.95. The molecule has 1 aromatic carbocycles.